The molecule has 3 aromatic carbocycles. The third-order valence-corrected chi connectivity index (χ3v) is 6.27. The van der Waals surface area contributed by atoms with E-state index < -0.39 is 17.8 Å². The minimum atomic E-state index is -0.815. The zero-order valence-corrected chi connectivity index (χ0v) is 21.3. The molecule has 1 N–H and O–H groups in total. The first-order valence-corrected chi connectivity index (χ1v) is 11.7. The Morgan fingerprint density at radius 3 is 2.50 bits per heavy atom. The third-order valence-electron chi connectivity index (χ3n) is 5.69. The van der Waals surface area contributed by atoms with Gasteiger partial charge in [-0.1, -0.05) is 18.2 Å². The SMILES string of the molecule is COc1cc(/C=C2\C(=O)NC(=O)N(c3ccc(C)c(C)c3)C2=O)cc(Br)c1OCc1cccc(F)c1. The van der Waals surface area contributed by atoms with E-state index in [0.29, 0.717) is 32.8 Å². The van der Waals surface area contributed by atoms with Crippen LogP contribution < -0.4 is 19.7 Å². The van der Waals surface area contributed by atoms with E-state index in [1.807, 2.05) is 13.8 Å². The smallest absolute Gasteiger partial charge is 0.335 e. The van der Waals surface area contributed by atoms with Crippen LogP contribution >= 0.6 is 15.9 Å². The second kappa shape index (κ2) is 10.3. The number of halogens is 2. The summed E-state index contributed by atoms with van der Waals surface area (Å²) in [7, 11) is 1.45. The lowest BCUT2D eigenvalue weighted by Gasteiger charge is -2.27. The van der Waals surface area contributed by atoms with Crippen molar-refractivity contribution in [3.8, 4) is 11.5 Å². The Hall–Kier alpha value is -3.98. The number of urea groups is 1. The summed E-state index contributed by atoms with van der Waals surface area (Å²) >= 11 is 3.44. The van der Waals surface area contributed by atoms with Gasteiger partial charge in [0, 0.05) is 0 Å². The summed E-state index contributed by atoms with van der Waals surface area (Å²) in [5, 5.41) is 2.22. The Bertz CT molecular complexity index is 1420. The average molecular weight is 553 g/mol. The number of nitrogens with one attached hydrogen (secondary N) is 1. The Morgan fingerprint density at radius 2 is 1.81 bits per heavy atom. The maximum absolute atomic E-state index is 13.5. The lowest BCUT2D eigenvalue weighted by molar-refractivity contribution is -0.122. The van der Waals surface area contributed by atoms with Gasteiger partial charge in [-0.2, -0.15) is 0 Å². The lowest BCUT2D eigenvalue weighted by atomic mass is 10.0. The molecule has 0 aliphatic carbocycles. The number of ether oxygens (including phenoxy) is 2. The van der Waals surface area contributed by atoms with Crippen molar-refractivity contribution in [3.63, 3.8) is 0 Å². The number of barbiturate groups is 1. The second-order valence-corrected chi connectivity index (χ2v) is 9.03. The molecule has 1 fully saturated rings. The summed E-state index contributed by atoms with van der Waals surface area (Å²) in [5.41, 5.74) is 3.15. The quantitative estimate of drug-likeness (QED) is 0.324. The highest BCUT2D eigenvalue weighted by Gasteiger charge is 2.37. The number of hydrogen-bond donors (Lipinski definition) is 1. The molecule has 0 bridgehead atoms. The topological polar surface area (TPSA) is 84.9 Å². The van der Waals surface area contributed by atoms with E-state index >= 15 is 0 Å². The standard InChI is InChI=1S/C27H22BrFN2O5/c1-15-7-8-20(9-16(15)2)31-26(33)21(25(32)30-27(31)34)11-18-12-22(28)24(23(13-18)35-3)36-14-17-5-4-6-19(29)10-17/h4-13H,14H2,1-3H3,(H,30,32,34)/b21-11+. The predicted molar refractivity (Wildman–Crippen MR) is 136 cm³/mol. The predicted octanol–water partition coefficient (Wildman–Crippen LogP) is 5.46. The number of rotatable bonds is 6. The highest BCUT2D eigenvalue weighted by Crippen LogP contribution is 2.38. The van der Waals surface area contributed by atoms with Crippen molar-refractivity contribution in [1.82, 2.24) is 5.32 Å². The minimum absolute atomic E-state index is 0.0983. The first-order chi connectivity index (χ1) is 17.2. The fourth-order valence-corrected chi connectivity index (χ4v) is 4.24. The molecular weight excluding hydrogens is 531 g/mol. The molecule has 0 radical (unpaired) electrons. The molecule has 0 atom stereocenters. The highest BCUT2D eigenvalue weighted by molar-refractivity contribution is 9.10. The van der Waals surface area contributed by atoms with E-state index in [4.69, 9.17) is 9.47 Å². The van der Waals surface area contributed by atoms with Gasteiger partial charge in [-0.25, -0.2) is 14.1 Å². The largest absolute Gasteiger partial charge is 0.493 e. The maximum Gasteiger partial charge on any atom is 0.335 e. The van der Waals surface area contributed by atoms with Crippen molar-refractivity contribution in [3.05, 3.63) is 92.7 Å². The number of carbonyl (C=O) groups is 3. The monoisotopic (exact) mass is 552 g/mol. The van der Waals surface area contributed by atoms with E-state index in [1.54, 1.807) is 42.5 Å². The van der Waals surface area contributed by atoms with Gasteiger partial charge in [0.15, 0.2) is 11.5 Å². The Morgan fingerprint density at radius 1 is 1.03 bits per heavy atom. The van der Waals surface area contributed by atoms with E-state index in [2.05, 4.69) is 21.2 Å². The van der Waals surface area contributed by atoms with Crippen molar-refractivity contribution >= 4 is 45.5 Å². The number of hydrogen-bond acceptors (Lipinski definition) is 5. The van der Waals surface area contributed by atoms with Crippen LogP contribution in [0.1, 0.15) is 22.3 Å². The number of methoxy groups -OCH3 is 1. The van der Waals surface area contributed by atoms with Crippen LogP contribution in [0.15, 0.2) is 64.6 Å². The summed E-state index contributed by atoms with van der Waals surface area (Å²) < 4.78 is 25.3. The molecule has 4 rings (SSSR count). The molecule has 36 heavy (non-hydrogen) atoms. The van der Waals surface area contributed by atoms with Crippen molar-refractivity contribution in [2.45, 2.75) is 20.5 Å². The molecule has 9 heteroatoms. The molecule has 1 saturated heterocycles. The number of carbonyl (C=O) groups excluding carboxylic acids is 3. The summed E-state index contributed by atoms with van der Waals surface area (Å²) in [6, 6.07) is 13.6. The molecule has 0 aromatic heterocycles. The minimum Gasteiger partial charge on any atom is -0.493 e. The van der Waals surface area contributed by atoms with Crippen molar-refractivity contribution < 1.29 is 28.2 Å². The van der Waals surface area contributed by atoms with Gasteiger partial charge in [0.05, 0.1) is 17.3 Å². The number of benzene rings is 3. The first kappa shape index (κ1) is 25.1. The van der Waals surface area contributed by atoms with Crippen molar-refractivity contribution in [1.29, 1.82) is 0 Å². The van der Waals surface area contributed by atoms with Crippen LogP contribution in [0.4, 0.5) is 14.9 Å². The first-order valence-electron chi connectivity index (χ1n) is 10.9. The van der Waals surface area contributed by atoms with Gasteiger partial charge in [-0.15, -0.1) is 0 Å². The van der Waals surface area contributed by atoms with Gasteiger partial charge in [-0.3, -0.25) is 14.9 Å². The summed E-state index contributed by atoms with van der Waals surface area (Å²) in [4.78, 5) is 39.2. The fraction of sp³-hybridized carbons (Fsp3) is 0.148. The molecule has 0 saturated carbocycles. The lowest BCUT2D eigenvalue weighted by Crippen LogP contribution is -2.54. The average Bonchev–Trinajstić information content (AvgIpc) is 2.83. The zero-order valence-electron chi connectivity index (χ0n) is 19.7. The van der Waals surface area contributed by atoms with Crippen molar-refractivity contribution in [2.75, 3.05) is 12.0 Å². The Balaban J connectivity index is 1.65. The molecule has 7 nitrogen and oxygen atoms in total. The molecule has 1 aliphatic rings. The molecular formula is C27H22BrFN2O5. The van der Waals surface area contributed by atoms with Crippen LogP contribution in [0.3, 0.4) is 0 Å². The van der Waals surface area contributed by atoms with E-state index in [1.165, 1.54) is 25.3 Å². The van der Waals surface area contributed by atoms with E-state index in [0.717, 1.165) is 16.0 Å². The van der Waals surface area contributed by atoms with Crippen LogP contribution in [0.25, 0.3) is 6.08 Å². The van der Waals surface area contributed by atoms with Crippen LogP contribution in [0.2, 0.25) is 0 Å². The normalized spacial score (nSPS) is 14.8. The molecule has 0 unspecified atom stereocenters. The van der Waals surface area contributed by atoms with Gasteiger partial charge >= 0.3 is 6.03 Å². The van der Waals surface area contributed by atoms with Crippen LogP contribution in [0.5, 0.6) is 11.5 Å². The van der Waals surface area contributed by atoms with Gasteiger partial charge in [-0.05, 0) is 94.5 Å². The maximum atomic E-state index is 13.5. The number of imide groups is 2. The van der Waals surface area contributed by atoms with Gasteiger partial charge in [0.1, 0.15) is 18.0 Å². The van der Waals surface area contributed by atoms with E-state index in [-0.39, 0.29) is 18.0 Å². The molecule has 184 valence electrons. The van der Waals surface area contributed by atoms with Gasteiger partial charge in [0.25, 0.3) is 11.8 Å². The molecule has 1 heterocycles. The summed E-state index contributed by atoms with van der Waals surface area (Å²) in [6.07, 6.45) is 1.38. The zero-order chi connectivity index (χ0) is 26.0. The van der Waals surface area contributed by atoms with Gasteiger partial charge in [0.2, 0.25) is 0 Å². The number of aryl methyl sites for hydroxylation is 2. The Kier molecular flexibility index (Phi) is 7.21. The summed E-state index contributed by atoms with van der Waals surface area (Å²) in [5.74, 6) is -1.21. The fourth-order valence-electron chi connectivity index (χ4n) is 3.67. The Labute approximate surface area is 215 Å². The number of amides is 4. The number of anilines is 1. The second-order valence-electron chi connectivity index (χ2n) is 8.18. The van der Waals surface area contributed by atoms with Gasteiger partial charge < -0.3 is 9.47 Å². The van der Waals surface area contributed by atoms with Crippen LogP contribution in [-0.2, 0) is 16.2 Å². The molecule has 0 spiro atoms. The van der Waals surface area contributed by atoms with Crippen LogP contribution in [0, 0.1) is 19.7 Å². The van der Waals surface area contributed by atoms with Crippen molar-refractivity contribution in [2.24, 2.45) is 0 Å². The molecule has 3 aromatic rings. The third kappa shape index (κ3) is 5.16. The van der Waals surface area contributed by atoms with E-state index in [9.17, 15) is 18.8 Å². The van der Waals surface area contributed by atoms with Crippen LogP contribution in [-0.4, -0.2) is 25.0 Å². The number of nitrogens with zero attached hydrogens (tertiary/aromatic N) is 1. The highest BCUT2D eigenvalue weighted by atomic mass is 79.9. The molecule has 4 amide bonds. The molecule has 1 aliphatic heterocycles. The summed E-state index contributed by atoms with van der Waals surface area (Å²) in [6.45, 7) is 3.89.